The second-order valence-electron chi connectivity index (χ2n) is 2.21. The second-order valence-corrected chi connectivity index (χ2v) is 3.24. The summed E-state index contributed by atoms with van der Waals surface area (Å²) in [5.41, 5.74) is 5.30. The number of nitrogens with two attached hydrogens (primary N) is 1. The number of benzene rings is 1. The van der Waals surface area contributed by atoms with Crippen molar-refractivity contribution in [1.82, 2.24) is 0 Å². The van der Waals surface area contributed by atoms with E-state index in [9.17, 15) is 4.79 Å². The first-order valence-electron chi connectivity index (χ1n) is 5.95. The quantitative estimate of drug-likeness (QED) is 0.720. The van der Waals surface area contributed by atoms with Crippen LogP contribution in [0.4, 0.5) is 0 Å². The van der Waals surface area contributed by atoms with Crippen molar-refractivity contribution in [2.75, 3.05) is 5.75 Å². The van der Waals surface area contributed by atoms with E-state index in [2.05, 4.69) is 0 Å². The molecule has 0 fully saturated rings. The molecule has 3 N–H and O–H groups in total. The van der Waals surface area contributed by atoms with E-state index in [1.54, 1.807) is 0 Å². The summed E-state index contributed by atoms with van der Waals surface area (Å²) in [5.74, 6) is -1.27. The van der Waals surface area contributed by atoms with Crippen LogP contribution in [0, 0.1) is 0 Å². The molecule has 0 aromatic heterocycles. The van der Waals surface area contributed by atoms with Crippen LogP contribution >= 0.6 is 11.8 Å². The van der Waals surface area contributed by atoms with E-state index in [0.717, 1.165) is 11.8 Å². The van der Waals surface area contributed by atoms with Gasteiger partial charge in [0.05, 0.1) is 6.85 Å². The normalized spacial score (nSPS) is 17.8. The van der Waals surface area contributed by atoms with Crippen LogP contribution < -0.4 is 5.73 Å². The SMILES string of the molecule is [2H]c1c([2H])c([2H])c(SC[C@H](N)C(=O)O)c([2H])c1[2H]. The van der Waals surface area contributed by atoms with Crippen LogP contribution in [0.3, 0.4) is 0 Å². The summed E-state index contributed by atoms with van der Waals surface area (Å²) in [7, 11) is 0. The molecule has 4 heteroatoms. The van der Waals surface area contributed by atoms with Gasteiger partial charge in [0.25, 0.3) is 0 Å². The van der Waals surface area contributed by atoms with Crippen molar-refractivity contribution in [3.05, 3.63) is 30.2 Å². The van der Waals surface area contributed by atoms with Gasteiger partial charge in [-0.15, -0.1) is 11.8 Å². The van der Waals surface area contributed by atoms with Crippen LogP contribution in [0.5, 0.6) is 0 Å². The standard InChI is InChI=1S/C9H11NO2S/c10-8(9(11)12)6-13-7-4-2-1-3-5-7/h1-5,8H,6,10H2,(H,11,12)/t8-/m0/s1/i1D,2D,3D,4D,5D. The molecule has 1 atom stereocenters. The predicted molar refractivity (Wildman–Crippen MR) is 52.8 cm³/mol. The summed E-state index contributed by atoms with van der Waals surface area (Å²) in [6.07, 6.45) is 0. The van der Waals surface area contributed by atoms with Crippen molar-refractivity contribution in [3.8, 4) is 0 Å². The highest BCUT2D eigenvalue weighted by Gasteiger charge is 2.10. The summed E-state index contributed by atoms with van der Waals surface area (Å²) in [6, 6.07) is -3.19. The van der Waals surface area contributed by atoms with E-state index in [1.165, 1.54) is 0 Å². The minimum Gasteiger partial charge on any atom is -0.480 e. The van der Waals surface area contributed by atoms with Crippen LogP contribution in [0.15, 0.2) is 35.1 Å². The highest BCUT2D eigenvalue weighted by atomic mass is 32.2. The molecule has 0 radical (unpaired) electrons. The molecule has 13 heavy (non-hydrogen) atoms. The molecule has 0 aliphatic carbocycles. The summed E-state index contributed by atoms with van der Waals surface area (Å²) in [6.45, 7) is 0. The molecule has 0 amide bonds. The second kappa shape index (κ2) is 4.89. The van der Waals surface area contributed by atoms with E-state index >= 15 is 0 Å². The van der Waals surface area contributed by atoms with Crippen LogP contribution in [-0.2, 0) is 4.79 Å². The minimum atomic E-state index is -1.20. The van der Waals surface area contributed by atoms with Crippen molar-refractivity contribution >= 4 is 17.7 Å². The van der Waals surface area contributed by atoms with E-state index in [1.807, 2.05) is 0 Å². The Morgan fingerprint density at radius 3 is 2.77 bits per heavy atom. The van der Waals surface area contributed by atoms with Gasteiger partial charge in [-0.25, -0.2) is 0 Å². The Labute approximate surface area is 88.0 Å². The molecule has 70 valence electrons. The maximum absolute atomic E-state index is 10.5. The van der Waals surface area contributed by atoms with Gasteiger partial charge in [-0.3, -0.25) is 4.79 Å². The summed E-state index contributed by atoms with van der Waals surface area (Å²) < 4.78 is 37.5. The summed E-state index contributed by atoms with van der Waals surface area (Å²) >= 11 is 0.843. The Balaban J connectivity index is 3.07. The Morgan fingerprint density at radius 1 is 1.62 bits per heavy atom. The van der Waals surface area contributed by atoms with Crippen LogP contribution in [0.2, 0.25) is 0 Å². The smallest absolute Gasteiger partial charge is 0.321 e. The first-order valence-corrected chi connectivity index (χ1v) is 4.44. The molecule has 3 nitrogen and oxygen atoms in total. The van der Waals surface area contributed by atoms with E-state index in [-0.39, 0.29) is 22.7 Å². The number of aliphatic carboxylic acids is 1. The molecule has 0 saturated carbocycles. The zero-order valence-corrected chi connectivity index (χ0v) is 7.44. The number of carboxylic acid groups (broad SMARTS) is 1. The summed E-state index contributed by atoms with van der Waals surface area (Å²) in [4.78, 5) is 10.6. The van der Waals surface area contributed by atoms with Gasteiger partial charge in [0.1, 0.15) is 6.04 Å². The zero-order valence-electron chi connectivity index (χ0n) is 11.6. The van der Waals surface area contributed by atoms with E-state index < -0.39 is 30.1 Å². The topological polar surface area (TPSA) is 63.3 Å². The third-order valence-corrected chi connectivity index (χ3v) is 2.22. The lowest BCUT2D eigenvalue weighted by molar-refractivity contribution is -0.137. The van der Waals surface area contributed by atoms with Gasteiger partial charge in [-0.1, -0.05) is 18.1 Å². The van der Waals surface area contributed by atoms with Crippen molar-refractivity contribution in [1.29, 1.82) is 0 Å². The van der Waals surface area contributed by atoms with Crippen LogP contribution in [-0.4, -0.2) is 22.9 Å². The first kappa shape index (κ1) is 5.02. The molecule has 0 aliphatic rings. The Morgan fingerprint density at radius 2 is 2.23 bits per heavy atom. The highest BCUT2D eigenvalue weighted by molar-refractivity contribution is 7.99. The van der Waals surface area contributed by atoms with Crippen molar-refractivity contribution in [3.63, 3.8) is 0 Å². The number of hydrogen-bond acceptors (Lipinski definition) is 3. The molecule has 0 saturated heterocycles. The number of thioether (sulfide) groups is 1. The number of carbonyl (C=O) groups is 1. The predicted octanol–water partition coefficient (Wildman–Crippen LogP) is 1.19. The van der Waals surface area contributed by atoms with Gasteiger partial charge in [-0.05, 0) is 12.1 Å². The molecule has 0 unspecified atom stereocenters. The Hall–Kier alpha value is -1.00. The van der Waals surface area contributed by atoms with Gasteiger partial charge in [0.2, 0.25) is 0 Å². The Kier molecular flexibility index (Phi) is 1.89. The largest absolute Gasteiger partial charge is 0.480 e. The van der Waals surface area contributed by atoms with E-state index in [0.29, 0.717) is 0 Å². The van der Waals surface area contributed by atoms with Crippen molar-refractivity contribution in [2.45, 2.75) is 10.9 Å². The molecule has 1 aromatic rings. The van der Waals surface area contributed by atoms with Crippen molar-refractivity contribution < 1.29 is 16.8 Å². The molecule has 0 spiro atoms. The monoisotopic (exact) mass is 202 g/mol. The molecule has 1 aromatic carbocycles. The van der Waals surface area contributed by atoms with Gasteiger partial charge in [-0.2, -0.15) is 0 Å². The first-order chi connectivity index (χ1) is 8.27. The van der Waals surface area contributed by atoms with E-state index in [4.69, 9.17) is 17.7 Å². The molecule has 1 rings (SSSR count). The lowest BCUT2D eigenvalue weighted by Crippen LogP contribution is -2.32. The molecular weight excluding hydrogens is 186 g/mol. The fraction of sp³-hybridized carbons (Fsp3) is 0.222. The molecule has 0 heterocycles. The Bertz CT molecular complexity index is 467. The van der Waals surface area contributed by atoms with Crippen LogP contribution in [0.1, 0.15) is 6.85 Å². The minimum absolute atomic E-state index is 0.0118. The number of rotatable bonds is 4. The third-order valence-electron chi connectivity index (χ3n) is 1.20. The number of hydrogen-bond donors (Lipinski definition) is 2. The fourth-order valence-electron chi connectivity index (χ4n) is 0.555. The lowest BCUT2D eigenvalue weighted by atomic mass is 10.4. The third kappa shape index (κ3) is 3.48. The van der Waals surface area contributed by atoms with Gasteiger partial charge < -0.3 is 10.8 Å². The van der Waals surface area contributed by atoms with Gasteiger partial charge >= 0.3 is 5.97 Å². The highest BCUT2D eigenvalue weighted by Crippen LogP contribution is 2.17. The van der Waals surface area contributed by atoms with Crippen molar-refractivity contribution in [2.24, 2.45) is 5.73 Å². The maximum Gasteiger partial charge on any atom is 0.321 e. The molecular formula is C9H11NO2S. The average molecular weight is 202 g/mol. The number of carboxylic acids is 1. The molecule has 0 bridgehead atoms. The summed E-state index contributed by atoms with van der Waals surface area (Å²) in [5, 5.41) is 8.62. The zero-order chi connectivity index (χ0) is 14.0. The maximum atomic E-state index is 10.5. The van der Waals surface area contributed by atoms with Gasteiger partial charge in [0.15, 0.2) is 0 Å². The fourth-order valence-corrected chi connectivity index (χ4v) is 1.29. The lowest BCUT2D eigenvalue weighted by Gasteiger charge is -2.04. The average Bonchev–Trinajstić information content (AvgIpc) is 2.33. The molecule has 0 aliphatic heterocycles. The van der Waals surface area contributed by atoms with Gasteiger partial charge in [0, 0.05) is 10.6 Å². The van der Waals surface area contributed by atoms with Crippen LogP contribution in [0.25, 0.3) is 0 Å².